The number of urea groups is 1. The van der Waals surface area contributed by atoms with Gasteiger partial charge in [-0.05, 0) is 24.7 Å². The van der Waals surface area contributed by atoms with E-state index in [1.54, 1.807) is 0 Å². The largest absolute Gasteiger partial charge is 0.481 e. The molecule has 1 fully saturated rings. The quantitative estimate of drug-likeness (QED) is 0.680. The number of carbonyl (C=O) groups is 2. The van der Waals surface area contributed by atoms with Gasteiger partial charge in [0.05, 0.1) is 5.41 Å². The first-order valence-electron chi connectivity index (χ1n) is 6.55. The highest BCUT2D eigenvalue weighted by molar-refractivity contribution is 5.78. The highest BCUT2D eigenvalue weighted by Crippen LogP contribution is 2.44. The topological polar surface area (TPSA) is 78.4 Å². The van der Waals surface area contributed by atoms with Crippen LogP contribution in [0.25, 0.3) is 0 Å². The molecular formula is C13H24N2O3. The van der Waals surface area contributed by atoms with Crippen LogP contribution >= 0.6 is 0 Å². The molecule has 1 unspecified atom stereocenters. The second-order valence-corrected chi connectivity index (χ2v) is 5.86. The second kappa shape index (κ2) is 5.16. The van der Waals surface area contributed by atoms with Crippen LogP contribution in [0.1, 0.15) is 47.0 Å². The number of carbonyl (C=O) groups excluding carboxylic acids is 1. The normalized spacial score (nSPS) is 21.2. The number of rotatable bonds is 6. The Balaban J connectivity index is 2.43. The molecule has 1 aliphatic carbocycles. The summed E-state index contributed by atoms with van der Waals surface area (Å²) in [4.78, 5) is 22.9. The first-order valence-corrected chi connectivity index (χ1v) is 6.55. The van der Waals surface area contributed by atoms with Crippen molar-refractivity contribution in [1.82, 2.24) is 10.6 Å². The summed E-state index contributed by atoms with van der Waals surface area (Å²) in [6.07, 6.45) is 1.99. The van der Waals surface area contributed by atoms with Crippen LogP contribution in [0.3, 0.4) is 0 Å². The average Bonchev–Trinajstić information content (AvgIpc) is 2.87. The van der Waals surface area contributed by atoms with Crippen molar-refractivity contribution in [2.45, 2.75) is 53.0 Å². The SMILES string of the molecule is CCC(CC)(CNC(=O)NC1CC1(C)C)C(=O)O. The predicted octanol–water partition coefficient (Wildman–Crippen LogP) is 1.98. The Morgan fingerprint density at radius 1 is 1.33 bits per heavy atom. The van der Waals surface area contributed by atoms with Crippen molar-refractivity contribution in [3.8, 4) is 0 Å². The zero-order valence-electron chi connectivity index (χ0n) is 11.7. The van der Waals surface area contributed by atoms with E-state index in [2.05, 4.69) is 24.5 Å². The van der Waals surface area contributed by atoms with Crippen molar-refractivity contribution in [3.05, 3.63) is 0 Å². The smallest absolute Gasteiger partial charge is 0.315 e. The van der Waals surface area contributed by atoms with E-state index in [-0.39, 0.29) is 24.0 Å². The molecular weight excluding hydrogens is 232 g/mol. The molecule has 1 saturated carbocycles. The summed E-state index contributed by atoms with van der Waals surface area (Å²) in [6, 6.07) is -0.0573. The Morgan fingerprint density at radius 2 is 1.83 bits per heavy atom. The minimum absolute atomic E-state index is 0.175. The number of hydrogen-bond donors (Lipinski definition) is 3. The molecule has 0 aliphatic heterocycles. The van der Waals surface area contributed by atoms with E-state index in [9.17, 15) is 14.7 Å². The minimum Gasteiger partial charge on any atom is -0.481 e. The van der Waals surface area contributed by atoms with Gasteiger partial charge in [0.2, 0.25) is 0 Å². The minimum atomic E-state index is -0.851. The van der Waals surface area contributed by atoms with E-state index >= 15 is 0 Å². The second-order valence-electron chi connectivity index (χ2n) is 5.86. The summed E-state index contributed by atoms with van der Waals surface area (Å²) >= 11 is 0. The van der Waals surface area contributed by atoms with E-state index in [0.29, 0.717) is 12.8 Å². The molecule has 104 valence electrons. The molecule has 0 aromatic carbocycles. The van der Waals surface area contributed by atoms with Gasteiger partial charge in [-0.3, -0.25) is 4.79 Å². The van der Waals surface area contributed by atoms with E-state index in [1.165, 1.54) is 0 Å². The third-order valence-corrected chi connectivity index (χ3v) is 4.21. The molecule has 0 aromatic heterocycles. The number of amides is 2. The third-order valence-electron chi connectivity index (χ3n) is 4.21. The van der Waals surface area contributed by atoms with Crippen LogP contribution < -0.4 is 10.6 Å². The standard InChI is InChI=1S/C13H24N2O3/c1-5-13(6-2,10(16)17)8-14-11(18)15-9-7-12(9,3)4/h9H,5-8H2,1-4H3,(H,16,17)(H2,14,15,18). The summed E-state index contributed by atoms with van der Waals surface area (Å²) in [5, 5.41) is 14.8. The van der Waals surface area contributed by atoms with E-state index in [1.807, 2.05) is 13.8 Å². The molecule has 0 aromatic rings. The molecule has 1 atom stereocenters. The third kappa shape index (κ3) is 3.15. The first-order chi connectivity index (χ1) is 8.27. The summed E-state index contributed by atoms with van der Waals surface area (Å²) < 4.78 is 0. The molecule has 0 heterocycles. The van der Waals surface area contributed by atoms with E-state index < -0.39 is 11.4 Å². The predicted molar refractivity (Wildman–Crippen MR) is 69.4 cm³/mol. The van der Waals surface area contributed by atoms with Crippen molar-refractivity contribution < 1.29 is 14.7 Å². The lowest BCUT2D eigenvalue weighted by molar-refractivity contribution is -0.149. The van der Waals surface area contributed by atoms with Crippen molar-refractivity contribution in [2.75, 3.05) is 6.54 Å². The fourth-order valence-electron chi connectivity index (χ4n) is 2.05. The van der Waals surface area contributed by atoms with Gasteiger partial charge in [0.25, 0.3) is 0 Å². The Morgan fingerprint density at radius 3 is 2.17 bits per heavy atom. The van der Waals surface area contributed by atoms with Gasteiger partial charge in [-0.1, -0.05) is 27.7 Å². The van der Waals surface area contributed by atoms with Crippen LogP contribution in [0.2, 0.25) is 0 Å². The molecule has 1 rings (SSSR count). The Hall–Kier alpha value is -1.26. The Bertz CT molecular complexity index is 335. The monoisotopic (exact) mass is 256 g/mol. The summed E-state index contributed by atoms with van der Waals surface area (Å²) in [6.45, 7) is 8.03. The number of nitrogens with one attached hydrogen (secondary N) is 2. The maximum atomic E-state index is 11.7. The van der Waals surface area contributed by atoms with Crippen molar-refractivity contribution in [1.29, 1.82) is 0 Å². The van der Waals surface area contributed by atoms with Gasteiger partial charge in [0.15, 0.2) is 0 Å². The first kappa shape index (κ1) is 14.8. The molecule has 2 amide bonds. The van der Waals surface area contributed by atoms with Gasteiger partial charge in [-0.25, -0.2) is 4.79 Å². The number of carboxylic acid groups (broad SMARTS) is 1. The fraction of sp³-hybridized carbons (Fsp3) is 0.846. The molecule has 5 heteroatoms. The molecule has 0 saturated heterocycles. The molecule has 1 aliphatic rings. The van der Waals surface area contributed by atoms with Crippen LogP contribution in [0, 0.1) is 10.8 Å². The van der Waals surface area contributed by atoms with Gasteiger partial charge < -0.3 is 15.7 Å². The van der Waals surface area contributed by atoms with Gasteiger partial charge in [0.1, 0.15) is 0 Å². The molecule has 0 spiro atoms. The lowest BCUT2D eigenvalue weighted by Crippen LogP contribution is -2.46. The lowest BCUT2D eigenvalue weighted by atomic mass is 9.82. The summed E-state index contributed by atoms with van der Waals surface area (Å²) in [7, 11) is 0. The number of aliphatic carboxylic acids is 1. The van der Waals surface area contributed by atoms with Crippen LogP contribution in [-0.2, 0) is 4.79 Å². The molecule has 0 radical (unpaired) electrons. The van der Waals surface area contributed by atoms with Gasteiger partial charge in [-0.15, -0.1) is 0 Å². The van der Waals surface area contributed by atoms with Crippen molar-refractivity contribution in [3.63, 3.8) is 0 Å². The summed E-state index contributed by atoms with van der Waals surface area (Å²) in [5.41, 5.74) is -0.673. The zero-order chi connectivity index (χ0) is 14.0. The maximum Gasteiger partial charge on any atom is 0.315 e. The van der Waals surface area contributed by atoms with Gasteiger partial charge >= 0.3 is 12.0 Å². The number of hydrogen-bond acceptors (Lipinski definition) is 2. The van der Waals surface area contributed by atoms with Crippen LogP contribution in [0.15, 0.2) is 0 Å². The van der Waals surface area contributed by atoms with Crippen LogP contribution in [0.5, 0.6) is 0 Å². The highest BCUT2D eigenvalue weighted by Gasteiger charge is 2.46. The van der Waals surface area contributed by atoms with E-state index in [4.69, 9.17) is 0 Å². The summed E-state index contributed by atoms with van der Waals surface area (Å²) in [5.74, 6) is -0.848. The fourth-order valence-corrected chi connectivity index (χ4v) is 2.05. The zero-order valence-corrected chi connectivity index (χ0v) is 11.7. The molecule has 18 heavy (non-hydrogen) atoms. The molecule has 5 nitrogen and oxygen atoms in total. The maximum absolute atomic E-state index is 11.7. The average molecular weight is 256 g/mol. The molecule has 0 bridgehead atoms. The van der Waals surface area contributed by atoms with Gasteiger partial charge in [0, 0.05) is 12.6 Å². The highest BCUT2D eigenvalue weighted by atomic mass is 16.4. The van der Waals surface area contributed by atoms with Crippen molar-refractivity contribution >= 4 is 12.0 Å². The van der Waals surface area contributed by atoms with Gasteiger partial charge in [-0.2, -0.15) is 0 Å². The Kier molecular flexibility index (Phi) is 4.24. The van der Waals surface area contributed by atoms with Crippen LogP contribution in [-0.4, -0.2) is 29.7 Å². The Labute approximate surface area is 108 Å². The van der Waals surface area contributed by atoms with E-state index in [0.717, 1.165) is 6.42 Å². The lowest BCUT2D eigenvalue weighted by Gasteiger charge is -2.26. The van der Waals surface area contributed by atoms with Crippen molar-refractivity contribution in [2.24, 2.45) is 10.8 Å². The number of carboxylic acids is 1. The van der Waals surface area contributed by atoms with Crippen LogP contribution in [0.4, 0.5) is 4.79 Å². The molecule has 3 N–H and O–H groups in total.